The molecule has 3 aromatic rings. The van der Waals surface area contributed by atoms with E-state index in [0.29, 0.717) is 11.7 Å². The van der Waals surface area contributed by atoms with Crippen LogP contribution < -0.4 is 5.32 Å². The van der Waals surface area contributed by atoms with Gasteiger partial charge in [-0.1, -0.05) is 29.4 Å². The molecule has 0 saturated carbocycles. The fourth-order valence-electron chi connectivity index (χ4n) is 1.98. The molecule has 0 bridgehead atoms. The molecule has 3 rings (SSSR count). The molecule has 1 aromatic carbocycles. The summed E-state index contributed by atoms with van der Waals surface area (Å²) >= 11 is 0. The Kier molecular flexibility index (Phi) is 4.21. The first-order valence-corrected chi connectivity index (χ1v) is 6.95. The Balaban J connectivity index is 1.49. The zero-order valence-electron chi connectivity index (χ0n) is 11.6. The van der Waals surface area contributed by atoms with E-state index in [2.05, 4.69) is 20.4 Å². The summed E-state index contributed by atoms with van der Waals surface area (Å²) < 4.78 is 5.24. The number of benzene rings is 1. The van der Waals surface area contributed by atoms with Crippen LogP contribution in [0.25, 0.3) is 11.5 Å². The smallest absolute Gasteiger partial charge is 0.227 e. The van der Waals surface area contributed by atoms with Crippen molar-refractivity contribution in [3.05, 3.63) is 60.6 Å². The van der Waals surface area contributed by atoms with Crippen LogP contribution in [0, 0.1) is 0 Å². The van der Waals surface area contributed by atoms with Gasteiger partial charge in [0.25, 0.3) is 0 Å². The average molecular weight is 280 g/mol. The second-order valence-corrected chi connectivity index (χ2v) is 4.62. The van der Waals surface area contributed by atoms with Crippen molar-refractivity contribution in [3.8, 4) is 11.5 Å². The highest BCUT2D eigenvalue weighted by Crippen LogP contribution is 2.13. The normalized spacial score (nSPS) is 10.5. The molecule has 0 saturated heterocycles. The fraction of sp³-hybridized carbons (Fsp3) is 0.188. The van der Waals surface area contributed by atoms with Gasteiger partial charge in [-0.15, -0.1) is 0 Å². The summed E-state index contributed by atoms with van der Waals surface area (Å²) in [6, 6.07) is 15.8. The first-order chi connectivity index (χ1) is 10.4. The molecule has 0 atom stereocenters. The van der Waals surface area contributed by atoms with Gasteiger partial charge in [0.1, 0.15) is 5.69 Å². The summed E-state index contributed by atoms with van der Waals surface area (Å²) in [6.07, 6.45) is 3.40. The number of anilines is 1. The second-order valence-electron chi connectivity index (χ2n) is 4.62. The summed E-state index contributed by atoms with van der Waals surface area (Å²) in [6.45, 7) is 0.866. The number of aryl methyl sites for hydroxylation is 1. The van der Waals surface area contributed by atoms with Crippen molar-refractivity contribution in [3.63, 3.8) is 0 Å². The third-order valence-corrected chi connectivity index (χ3v) is 3.03. The molecule has 0 aliphatic rings. The summed E-state index contributed by atoms with van der Waals surface area (Å²) in [5.41, 5.74) is 1.85. The van der Waals surface area contributed by atoms with E-state index in [1.165, 1.54) is 0 Å². The number of nitrogens with zero attached hydrogens (tertiary/aromatic N) is 3. The van der Waals surface area contributed by atoms with E-state index in [4.69, 9.17) is 4.52 Å². The minimum Gasteiger partial charge on any atom is -0.385 e. The van der Waals surface area contributed by atoms with Crippen molar-refractivity contribution >= 4 is 5.69 Å². The molecule has 0 amide bonds. The first kappa shape index (κ1) is 13.3. The van der Waals surface area contributed by atoms with E-state index in [1.54, 1.807) is 6.20 Å². The van der Waals surface area contributed by atoms with Gasteiger partial charge in [0.2, 0.25) is 11.7 Å². The van der Waals surface area contributed by atoms with E-state index < -0.39 is 0 Å². The summed E-state index contributed by atoms with van der Waals surface area (Å²) in [5.74, 6) is 1.19. The van der Waals surface area contributed by atoms with Crippen LogP contribution in [-0.4, -0.2) is 21.7 Å². The van der Waals surface area contributed by atoms with Crippen LogP contribution in [0.15, 0.2) is 59.3 Å². The molecule has 0 aliphatic heterocycles. The lowest BCUT2D eigenvalue weighted by Gasteiger charge is -2.03. The fourth-order valence-corrected chi connectivity index (χ4v) is 1.98. The predicted molar refractivity (Wildman–Crippen MR) is 80.8 cm³/mol. The number of rotatable bonds is 6. The quantitative estimate of drug-likeness (QED) is 0.703. The molecule has 0 spiro atoms. The molecule has 5 nitrogen and oxygen atoms in total. The lowest BCUT2D eigenvalue weighted by Crippen LogP contribution is -2.02. The molecular weight excluding hydrogens is 264 g/mol. The lowest BCUT2D eigenvalue weighted by atomic mass is 10.3. The molecule has 0 unspecified atom stereocenters. The molecule has 106 valence electrons. The van der Waals surface area contributed by atoms with E-state index >= 15 is 0 Å². The van der Waals surface area contributed by atoms with E-state index in [-0.39, 0.29) is 0 Å². The van der Waals surface area contributed by atoms with Crippen LogP contribution in [0.1, 0.15) is 12.3 Å². The molecule has 0 radical (unpaired) electrons. The largest absolute Gasteiger partial charge is 0.385 e. The third kappa shape index (κ3) is 3.66. The van der Waals surface area contributed by atoms with Crippen molar-refractivity contribution in [2.45, 2.75) is 12.8 Å². The van der Waals surface area contributed by atoms with Gasteiger partial charge in [-0.2, -0.15) is 4.98 Å². The second kappa shape index (κ2) is 6.65. The number of nitrogens with one attached hydrogen (secondary N) is 1. The van der Waals surface area contributed by atoms with Crippen molar-refractivity contribution < 1.29 is 4.52 Å². The monoisotopic (exact) mass is 280 g/mol. The third-order valence-electron chi connectivity index (χ3n) is 3.03. The van der Waals surface area contributed by atoms with E-state index in [9.17, 15) is 0 Å². The van der Waals surface area contributed by atoms with Gasteiger partial charge in [-0.05, 0) is 30.7 Å². The van der Waals surface area contributed by atoms with E-state index in [1.807, 2.05) is 48.5 Å². The topological polar surface area (TPSA) is 63.8 Å². The highest BCUT2D eigenvalue weighted by atomic mass is 16.5. The Morgan fingerprint density at radius 1 is 1.00 bits per heavy atom. The highest BCUT2D eigenvalue weighted by molar-refractivity contribution is 5.47. The van der Waals surface area contributed by atoms with Crippen LogP contribution >= 0.6 is 0 Å². The molecule has 21 heavy (non-hydrogen) atoms. The first-order valence-electron chi connectivity index (χ1n) is 6.95. The molecule has 5 heteroatoms. The Bertz CT molecular complexity index is 667. The highest BCUT2D eigenvalue weighted by Gasteiger charge is 2.08. The maximum atomic E-state index is 5.24. The zero-order chi connectivity index (χ0) is 14.3. The number of hydrogen-bond acceptors (Lipinski definition) is 5. The Labute approximate surface area is 123 Å². The van der Waals surface area contributed by atoms with Crippen molar-refractivity contribution in [2.75, 3.05) is 11.9 Å². The van der Waals surface area contributed by atoms with Crippen LogP contribution in [0.2, 0.25) is 0 Å². The van der Waals surface area contributed by atoms with Gasteiger partial charge >= 0.3 is 0 Å². The zero-order valence-corrected chi connectivity index (χ0v) is 11.6. The maximum absolute atomic E-state index is 5.24. The Morgan fingerprint density at radius 3 is 2.67 bits per heavy atom. The van der Waals surface area contributed by atoms with Crippen LogP contribution in [-0.2, 0) is 6.42 Å². The van der Waals surface area contributed by atoms with Gasteiger partial charge in [-0.25, -0.2) is 0 Å². The predicted octanol–water partition coefficient (Wildman–Crippen LogP) is 3.18. The van der Waals surface area contributed by atoms with Crippen LogP contribution in [0.3, 0.4) is 0 Å². The molecule has 1 N–H and O–H groups in total. The van der Waals surface area contributed by atoms with Crippen molar-refractivity contribution in [2.24, 2.45) is 0 Å². The van der Waals surface area contributed by atoms with Gasteiger partial charge in [0.05, 0.1) is 0 Å². The van der Waals surface area contributed by atoms with Crippen molar-refractivity contribution in [1.82, 2.24) is 15.1 Å². The Hall–Kier alpha value is -2.69. The minimum atomic E-state index is 0.543. The molecule has 0 fully saturated rings. The standard InChI is InChI=1S/C16H16N4O/c1-2-7-13(8-3-1)17-12-6-10-15-19-16(20-21-15)14-9-4-5-11-18-14/h1-5,7-9,11,17H,6,10,12H2. The van der Waals surface area contributed by atoms with Crippen LogP contribution in [0.4, 0.5) is 5.69 Å². The number of aromatic nitrogens is 3. The van der Waals surface area contributed by atoms with Crippen molar-refractivity contribution in [1.29, 1.82) is 0 Å². The summed E-state index contributed by atoms with van der Waals surface area (Å²) in [4.78, 5) is 8.56. The molecule has 2 aromatic heterocycles. The Morgan fingerprint density at radius 2 is 1.86 bits per heavy atom. The molecule has 2 heterocycles. The number of pyridine rings is 1. The van der Waals surface area contributed by atoms with Gasteiger partial charge in [0.15, 0.2) is 0 Å². The maximum Gasteiger partial charge on any atom is 0.227 e. The summed E-state index contributed by atoms with van der Waals surface area (Å²) in [5, 5.41) is 7.31. The van der Waals surface area contributed by atoms with Crippen LogP contribution in [0.5, 0.6) is 0 Å². The number of hydrogen-bond donors (Lipinski definition) is 1. The summed E-state index contributed by atoms with van der Waals surface area (Å²) in [7, 11) is 0. The van der Waals surface area contributed by atoms with Gasteiger partial charge < -0.3 is 9.84 Å². The molecular formula is C16H16N4O. The minimum absolute atomic E-state index is 0.543. The van der Waals surface area contributed by atoms with Gasteiger partial charge in [-0.3, -0.25) is 4.98 Å². The number of para-hydroxylation sites is 1. The molecule has 0 aliphatic carbocycles. The average Bonchev–Trinajstić information content (AvgIpc) is 3.02. The van der Waals surface area contributed by atoms with Gasteiger partial charge in [0, 0.05) is 24.8 Å². The van der Waals surface area contributed by atoms with E-state index in [0.717, 1.165) is 30.8 Å². The SMILES string of the molecule is c1ccc(NCCCc2nc(-c3ccccn3)no2)cc1. The lowest BCUT2D eigenvalue weighted by molar-refractivity contribution is 0.377.